The van der Waals surface area contributed by atoms with Crippen molar-refractivity contribution in [1.29, 1.82) is 0 Å². The normalized spacial score (nSPS) is 19.7. The lowest BCUT2D eigenvalue weighted by Crippen LogP contribution is -2.21. The molecule has 3 rings (SSSR count). The molecule has 0 nitrogen and oxygen atoms in total. The second-order valence-corrected chi connectivity index (χ2v) is 9.26. The zero-order chi connectivity index (χ0) is 21.3. The van der Waals surface area contributed by atoms with E-state index in [0.717, 1.165) is 42.2 Å². The molecule has 1 heteroatoms. The van der Waals surface area contributed by atoms with Gasteiger partial charge in [-0.15, -0.1) is 0 Å². The smallest absolute Gasteiger partial charge is 0.139 e. The predicted molar refractivity (Wildman–Crippen MR) is 126 cm³/mol. The summed E-state index contributed by atoms with van der Waals surface area (Å²) in [6, 6.07) is 13.9. The molecule has 30 heavy (non-hydrogen) atoms. The molecule has 2 aromatic rings. The summed E-state index contributed by atoms with van der Waals surface area (Å²) in [7, 11) is 0. The summed E-state index contributed by atoms with van der Waals surface area (Å²) in [6.07, 6.45) is 11.3. The Morgan fingerprint density at radius 3 is 2.23 bits per heavy atom. The second kappa shape index (κ2) is 11.4. The van der Waals surface area contributed by atoms with E-state index in [0.29, 0.717) is 11.5 Å². The molecule has 1 unspecified atom stereocenters. The van der Waals surface area contributed by atoms with Gasteiger partial charge in [0.05, 0.1) is 5.56 Å². The summed E-state index contributed by atoms with van der Waals surface area (Å²) >= 11 is 0. The van der Waals surface area contributed by atoms with E-state index in [-0.39, 0.29) is 5.82 Å². The van der Waals surface area contributed by atoms with Gasteiger partial charge in [-0.3, -0.25) is 0 Å². The molecule has 0 N–H and O–H groups in total. The fraction of sp³-hybridized carbons (Fsp3) is 0.517. The average molecular weight is 405 g/mol. The first-order valence-corrected chi connectivity index (χ1v) is 12.0. The lowest BCUT2D eigenvalue weighted by molar-refractivity contribution is 0.206. The van der Waals surface area contributed by atoms with Gasteiger partial charge in [0.2, 0.25) is 0 Å². The Morgan fingerprint density at radius 2 is 1.60 bits per heavy atom. The zero-order valence-electron chi connectivity index (χ0n) is 19.0. The van der Waals surface area contributed by atoms with Crippen molar-refractivity contribution in [2.24, 2.45) is 17.8 Å². The molecule has 1 saturated carbocycles. The number of hydrogen-bond acceptors (Lipinski definition) is 0. The third kappa shape index (κ3) is 6.46. The maximum absolute atomic E-state index is 14.6. The van der Waals surface area contributed by atoms with E-state index in [4.69, 9.17) is 0 Å². The van der Waals surface area contributed by atoms with Gasteiger partial charge in [0.25, 0.3) is 0 Å². The summed E-state index contributed by atoms with van der Waals surface area (Å²) in [5.41, 5.74) is 3.85. The highest BCUT2D eigenvalue weighted by molar-refractivity contribution is 5.44. The average Bonchev–Trinajstić information content (AvgIpc) is 2.75. The van der Waals surface area contributed by atoms with Crippen molar-refractivity contribution >= 4 is 0 Å². The van der Waals surface area contributed by atoms with E-state index in [1.54, 1.807) is 6.07 Å². The molecule has 160 valence electrons. The number of rotatable bonds is 7. The molecule has 1 fully saturated rings. The molecule has 0 aliphatic heterocycles. The summed E-state index contributed by atoms with van der Waals surface area (Å²) in [6.45, 7) is 6.82. The number of hydrogen-bond donors (Lipinski definition) is 0. The molecule has 0 bridgehead atoms. The quantitative estimate of drug-likeness (QED) is 0.411. The first kappa shape index (κ1) is 22.6. The van der Waals surface area contributed by atoms with Gasteiger partial charge in [0.15, 0.2) is 0 Å². The minimum atomic E-state index is -0.193. The van der Waals surface area contributed by atoms with E-state index < -0.39 is 0 Å². The van der Waals surface area contributed by atoms with Gasteiger partial charge in [0.1, 0.15) is 5.82 Å². The number of benzene rings is 2. The fourth-order valence-electron chi connectivity index (χ4n) is 4.96. The molecule has 1 atom stereocenters. The van der Waals surface area contributed by atoms with Crippen LogP contribution in [-0.2, 0) is 12.8 Å². The van der Waals surface area contributed by atoms with Crippen molar-refractivity contribution in [3.05, 3.63) is 70.5 Å². The van der Waals surface area contributed by atoms with Crippen LogP contribution in [0.3, 0.4) is 0 Å². The highest BCUT2D eigenvalue weighted by Crippen LogP contribution is 2.36. The van der Waals surface area contributed by atoms with Gasteiger partial charge < -0.3 is 0 Å². The highest BCUT2D eigenvalue weighted by Gasteiger charge is 2.25. The van der Waals surface area contributed by atoms with Gasteiger partial charge in [0, 0.05) is 5.56 Å². The molecule has 1 aliphatic carbocycles. The molecular weight excluding hydrogens is 367 g/mol. The summed E-state index contributed by atoms with van der Waals surface area (Å²) in [5.74, 6) is 8.28. The molecular formula is C29H37F. The van der Waals surface area contributed by atoms with Crippen LogP contribution in [-0.4, -0.2) is 0 Å². The summed E-state index contributed by atoms with van der Waals surface area (Å²) in [5, 5.41) is 0. The Morgan fingerprint density at radius 1 is 0.900 bits per heavy atom. The third-order valence-corrected chi connectivity index (χ3v) is 6.82. The van der Waals surface area contributed by atoms with Crippen molar-refractivity contribution < 1.29 is 4.39 Å². The van der Waals surface area contributed by atoms with Crippen LogP contribution < -0.4 is 0 Å². The molecule has 0 amide bonds. The Bertz CT molecular complexity index is 844. The van der Waals surface area contributed by atoms with E-state index in [1.807, 2.05) is 18.2 Å². The Labute approximate surface area is 183 Å². The zero-order valence-corrected chi connectivity index (χ0v) is 19.0. The van der Waals surface area contributed by atoms with Crippen LogP contribution >= 0.6 is 0 Å². The lowest BCUT2D eigenvalue weighted by Gasteiger charge is -2.32. The van der Waals surface area contributed by atoms with Crippen LogP contribution in [0.5, 0.6) is 0 Å². The molecule has 0 saturated heterocycles. The lowest BCUT2D eigenvalue weighted by atomic mass is 9.74. The number of halogens is 1. The molecule has 0 spiro atoms. The molecule has 0 radical (unpaired) electrons. The topological polar surface area (TPSA) is 0 Å². The van der Waals surface area contributed by atoms with Crippen LogP contribution in [0.2, 0.25) is 0 Å². The Balaban J connectivity index is 1.58. The van der Waals surface area contributed by atoms with Crippen LogP contribution in [0.1, 0.15) is 88.0 Å². The van der Waals surface area contributed by atoms with Crippen LogP contribution in [0.25, 0.3) is 0 Å². The SMILES string of the molecule is CCCc1ccc(C#Cc2ccc(CC(C)C3CCC(CCC)CC3)cc2F)cc1. The van der Waals surface area contributed by atoms with Crippen molar-refractivity contribution in [2.45, 2.75) is 78.6 Å². The summed E-state index contributed by atoms with van der Waals surface area (Å²) in [4.78, 5) is 0. The maximum Gasteiger partial charge on any atom is 0.139 e. The van der Waals surface area contributed by atoms with E-state index in [1.165, 1.54) is 44.1 Å². The van der Waals surface area contributed by atoms with Crippen LogP contribution in [0, 0.1) is 35.4 Å². The highest BCUT2D eigenvalue weighted by atomic mass is 19.1. The van der Waals surface area contributed by atoms with Gasteiger partial charge in [-0.25, -0.2) is 4.39 Å². The van der Waals surface area contributed by atoms with Crippen molar-refractivity contribution in [3.63, 3.8) is 0 Å². The Hall–Kier alpha value is -2.07. The van der Waals surface area contributed by atoms with Crippen molar-refractivity contribution in [3.8, 4) is 11.8 Å². The van der Waals surface area contributed by atoms with Crippen molar-refractivity contribution in [1.82, 2.24) is 0 Å². The third-order valence-electron chi connectivity index (χ3n) is 6.82. The summed E-state index contributed by atoms with van der Waals surface area (Å²) < 4.78 is 14.6. The minimum Gasteiger partial charge on any atom is -0.206 e. The second-order valence-electron chi connectivity index (χ2n) is 9.26. The number of aryl methyl sites for hydroxylation is 1. The van der Waals surface area contributed by atoms with Gasteiger partial charge in [-0.1, -0.05) is 82.9 Å². The predicted octanol–water partition coefficient (Wildman–Crippen LogP) is 7.96. The maximum atomic E-state index is 14.6. The fourth-order valence-corrected chi connectivity index (χ4v) is 4.96. The monoisotopic (exact) mass is 404 g/mol. The first-order valence-electron chi connectivity index (χ1n) is 12.0. The van der Waals surface area contributed by atoms with Gasteiger partial charge in [-0.2, -0.15) is 0 Å². The van der Waals surface area contributed by atoms with E-state index >= 15 is 0 Å². The van der Waals surface area contributed by atoms with Crippen molar-refractivity contribution in [2.75, 3.05) is 0 Å². The Kier molecular flexibility index (Phi) is 8.56. The molecule has 1 aliphatic rings. The molecule has 0 heterocycles. The van der Waals surface area contributed by atoms with E-state index in [9.17, 15) is 4.39 Å². The van der Waals surface area contributed by atoms with Crippen LogP contribution in [0.4, 0.5) is 4.39 Å². The molecule has 0 aromatic heterocycles. The van der Waals surface area contributed by atoms with Crippen LogP contribution in [0.15, 0.2) is 42.5 Å². The largest absolute Gasteiger partial charge is 0.206 e. The minimum absolute atomic E-state index is 0.193. The molecule has 2 aromatic carbocycles. The van der Waals surface area contributed by atoms with E-state index in [2.05, 4.69) is 50.8 Å². The van der Waals surface area contributed by atoms with Gasteiger partial charge in [-0.05, 0) is 78.8 Å². The standard InChI is InChI=1S/C29H37F/c1-4-6-23-8-10-25(11-9-23)14-18-28-19-15-26(21-29(28)30)20-22(3)27-16-12-24(7-5-2)13-17-27/h8-11,15,19,21-22,24,27H,4-7,12-13,16-17,20H2,1-3H3. The first-order chi connectivity index (χ1) is 14.6. The van der Waals surface area contributed by atoms with Gasteiger partial charge >= 0.3 is 0 Å².